The number of fused-ring (bicyclic) bond motifs is 1. The summed E-state index contributed by atoms with van der Waals surface area (Å²) in [6, 6.07) is 11.5. The zero-order chi connectivity index (χ0) is 18.9. The first-order chi connectivity index (χ1) is 12.3. The summed E-state index contributed by atoms with van der Waals surface area (Å²) in [6.07, 6.45) is -2.79. The van der Waals surface area contributed by atoms with Gasteiger partial charge in [-0.15, -0.1) is 0 Å². The molecule has 1 amide bonds. The molecule has 26 heavy (non-hydrogen) atoms. The molecule has 2 aromatic carbocycles. The number of aryl methyl sites for hydroxylation is 1. The van der Waals surface area contributed by atoms with E-state index >= 15 is 0 Å². The van der Waals surface area contributed by atoms with E-state index in [0.717, 1.165) is 24.5 Å². The van der Waals surface area contributed by atoms with Gasteiger partial charge in [0.15, 0.2) is 0 Å². The van der Waals surface area contributed by atoms with E-state index < -0.39 is 23.3 Å². The van der Waals surface area contributed by atoms with Gasteiger partial charge in [-0.1, -0.05) is 41.9 Å². The predicted octanol–water partition coefficient (Wildman–Crippen LogP) is 4.92. The number of hydrogen-bond acceptors (Lipinski definition) is 2. The van der Waals surface area contributed by atoms with Crippen molar-refractivity contribution in [2.45, 2.75) is 25.1 Å². The maximum absolute atomic E-state index is 13.1. The van der Waals surface area contributed by atoms with Gasteiger partial charge >= 0.3 is 6.18 Å². The van der Waals surface area contributed by atoms with E-state index in [2.05, 4.69) is 11.4 Å². The van der Waals surface area contributed by atoms with Crippen LogP contribution in [0.1, 0.15) is 29.2 Å². The van der Waals surface area contributed by atoms with Crippen LogP contribution in [0.5, 0.6) is 0 Å². The number of amides is 1. The number of para-hydroxylation sites is 1. The number of nitrogens with zero attached hydrogens (tertiary/aromatic N) is 1. The van der Waals surface area contributed by atoms with Crippen LogP contribution in [-0.2, 0) is 17.4 Å². The minimum Gasteiger partial charge on any atom is -0.323 e. The molecular weight excluding hydrogens is 365 g/mol. The Balaban J connectivity index is 1.73. The number of halogens is 4. The van der Waals surface area contributed by atoms with Crippen LogP contribution in [0.2, 0.25) is 5.02 Å². The van der Waals surface area contributed by atoms with Gasteiger partial charge < -0.3 is 5.32 Å². The average molecular weight is 383 g/mol. The third-order valence-electron chi connectivity index (χ3n) is 4.61. The van der Waals surface area contributed by atoms with Crippen molar-refractivity contribution in [1.29, 1.82) is 0 Å². The topological polar surface area (TPSA) is 32.3 Å². The fraction of sp³-hybridized carbons (Fsp3) is 0.316. The second kappa shape index (κ2) is 7.29. The molecule has 0 aromatic heterocycles. The first kappa shape index (κ1) is 18.7. The Kier molecular flexibility index (Phi) is 5.25. The van der Waals surface area contributed by atoms with Gasteiger partial charge in [-0.25, -0.2) is 0 Å². The standard InChI is InChI=1S/C19H18ClF3N2O/c1-25(16-10-9-12-5-2-3-6-13(12)16)11-17(26)24-18-14(19(21,22)23)7-4-8-15(18)20/h2-8,16H,9-11H2,1H3,(H,24,26). The summed E-state index contributed by atoms with van der Waals surface area (Å²) in [5.74, 6) is -0.532. The van der Waals surface area contributed by atoms with Gasteiger partial charge in [0.25, 0.3) is 0 Å². The van der Waals surface area contributed by atoms with Crippen LogP contribution in [0.15, 0.2) is 42.5 Å². The molecule has 0 fully saturated rings. The zero-order valence-corrected chi connectivity index (χ0v) is 14.9. The largest absolute Gasteiger partial charge is 0.418 e. The highest BCUT2D eigenvalue weighted by Crippen LogP contribution is 2.39. The molecule has 2 aromatic rings. The molecule has 0 aliphatic heterocycles. The average Bonchev–Trinajstić information content (AvgIpc) is 2.99. The number of rotatable bonds is 4. The van der Waals surface area contributed by atoms with Crippen molar-refractivity contribution < 1.29 is 18.0 Å². The molecule has 7 heteroatoms. The van der Waals surface area contributed by atoms with Gasteiger partial charge in [0.05, 0.1) is 22.8 Å². The summed E-state index contributed by atoms with van der Waals surface area (Å²) in [7, 11) is 1.80. The molecule has 138 valence electrons. The van der Waals surface area contributed by atoms with Gasteiger partial charge in [0.1, 0.15) is 0 Å². The Bertz CT molecular complexity index is 823. The van der Waals surface area contributed by atoms with Crippen molar-refractivity contribution in [2.24, 2.45) is 0 Å². The van der Waals surface area contributed by atoms with E-state index in [0.29, 0.717) is 0 Å². The lowest BCUT2D eigenvalue weighted by atomic mass is 10.1. The highest BCUT2D eigenvalue weighted by molar-refractivity contribution is 6.34. The quantitative estimate of drug-likeness (QED) is 0.814. The fourth-order valence-electron chi connectivity index (χ4n) is 3.40. The van der Waals surface area contributed by atoms with E-state index in [1.807, 2.05) is 23.1 Å². The van der Waals surface area contributed by atoms with Crippen LogP contribution in [-0.4, -0.2) is 24.4 Å². The Morgan fingerprint density at radius 3 is 2.69 bits per heavy atom. The lowest BCUT2D eigenvalue weighted by Gasteiger charge is -2.25. The molecule has 1 atom stereocenters. The number of carbonyl (C=O) groups is 1. The molecule has 0 radical (unpaired) electrons. The Hall–Kier alpha value is -2.05. The fourth-order valence-corrected chi connectivity index (χ4v) is 3.62. The molecule has 0 heterocycles. The molecule has 3 rings (SSSR count). The lowest BCUT2D eigenvalue weighted by molar-refractivity contribution is -0.137. The molecule has 1 unspecified atom stereocenters. The molecule has 1 aliphatic carbocycles. The van der Waals surface area contributed by atoms with Crippen molar-refractivity contribution in [1.82, 2.24) is 4.90 Å². The maximum Gasteiger partial charge on any atom is 0.418 e. The van der Waals surface area contributed by atoms with E-state index in [4.69, 9.17) is 11.6 Å². The first-order valence-corrected chi connectivity index (χ1v) is 8.59. The molecule has 0 bridgehead atoms. The van der Waals surface area contributed by atoms with Gasteiger partial charge in [0.2, 0.25) is 5.91 Å². The third-order valence-corrected chi connectivity index (χ3v) is 4.92. The van der Waals surface area contributed by atoms with Gasteiger partial charge in [-0.2, -0.15) is 13.2 Å². The van der Waals surface area contributed by atoms with Crippen molar-refractivity contribution in [2.75, 3.05) is 18.9 Å². The van der Waals surface area contributed by atoms with E-state index in [-0.39, 0.29) is 17.6 Å². The van der Waals surface area contributed by atoms with Crippen LogP contribution in [0.25, 0.3) is 0 Å². The Morgan fingerprint density at radius 2 is 1.96 bits per heavy atom. The maximum atomic E-state index is 13.1. The Morgan fingerprint density at radius 1 is 1.23 bits per heavy atom. The van der Waals surface area contributed by atoms with E-state index in [9.17, 15) is 18.0 Å². The molecule has 0 saturated carbocycles. The third kappa shape index (κ3) is 3.86. The highest BCUT2D eigenvalue weighted by Gasteiger charge is 2.35. The van der Waals surface area contributed by atoms with Gasteiger partial charge in [-0.3, -0.25) is 9.69 Å². The molecule has 1 N–H and O–H groups in total. The second-order valence-electron chi connectivity index (χ2n) is 6.38. The van der Waals surface area contributed by atoms with Crippen molar-refractivity contribution in [3.63, 3.8) is 0 Å². The van der Waals surface area contributed by atoms with Crippen LogP contribution in [0.3, 0.4) is 0 Å². The monoisotopic (exact) mass is 382 g/mol. The summed E-state index contributed by atoms with van der Waals surface area (Å²) in [4.78, 5) is 14.2. The number of alkyl halides is 3. The van der Waals surface area contributed by atoms with Crippen molar-refractivity contribution >= 4 is 23.2 Å². The van der Waals surface area contributed by atoms with E-state index in [1.54, 1.807) is 7.05 Å². The van der Waals surface area contributed by atoms with Crippen LogP contribution in [0.4, 0.5) is 18.9 Å². The molecule has 1 aliphatic rings. The smallest absolute Gasteiger partial charge is 0.323 e. The number of likely N-dealkylation sites (N-methyl/N-ethyl adjacent to an activating group) is 1. The molecular formula is C19H18ClF3N2O. The van der Waals surface area contributed by atoms with Crippen LogP contribution in [0, 0.1) is 0 Å². The van der Waals surface area contributed by atoms with E-state index in [1.165, 1.54) is 17.7 Å². The molecule has 0 spiro atoms. The summed E-state index contributed by atoms with van der Waals surface area (Å²) >= 11 is 5.88. The summed E-state index contributed by atoms with van der Waals surface area (Å²) in [5, 5.41) is 2.19. The lowest BCUT2D eigenvalue weighted by Crippen LogP contribution is -2.33. The SMILES string of the molecule is CN(CC(=O)Nc1c(Cl)cccc1C(F)(F)F)C1CCc2ccccc21. The van der Waals surface area contributed by atoms with Crippen LogP contribution >= 0.6 is 11.6 Å². The first-order valence-electron chi connectivity index (χ1n) is 8.21. The minimum atomic E-state index is -4.59. The number of carbonyl (C=O) groups excluding carboxylic acids is 1. The molecule has 3 nitrogen and oxygen atoms in total. The highest BCUT2D eigenvalue weighted by atomic mass is 35.5. The zero-order valence-electron chi connectivity index (χ0n) is 14.1. The Labute approximate surface area is 154 Å². The number of anilines is 1. The van der Waals surface area contributed by atoms with Crippen molar-refractivity contribution in [3.05, 3.63) is 64.2 Å². The second-order valence-corrected chi connectivity index (χ2v) is 6.78. The minimum absolute atomic E-state index is 0.0263. The normalized spacial score (nSPS) is 16.6. The summed E-state index contributed by atoms with van der Waals surface area (Å²) in [6.45, 7) is -0.0263. The number of nitrogens with one attached hydrogen (secondary N) is 1. The molecule has 0 saturated heterocycles. The summed E-state index contributed by atoms with van der Waals surface area (Å²) < 4.78 is 39.4. The summed E-state index contributed by atoms with van der Waals surface area (Å²) in [5.41, 5.74) is 1.06. The van der Waals surface area contributed by atoms with Crippen LogP contribution < -0.4 is 5.32 Å². The number of hydrogen-bond donors (Lipinski definition) is 1. The predicted molar refractivity (Wildman–Crippen MR) is 95.2 cm³/mol. The number of benzene rings is 2. The van der Waals surface area contributed by atoms with Crippen molar-refractivity contribution in [3.8, 4) is 0 Å². The van der Waals surface area contributed by atoms with Gasteiger partial charge in [0, 0.05) is 6.04 Å². The van der Waals surface area contributed by atoms with Gasteiger partial charge in [-0.05, 0) is 43.1 Å².